The van der Waals surface area contributed by atoms with Gasteiger partial charge in [-0.15, -0.1) is 0 Å². The number of alkyl halides is 1. The number of hydrogen-bond acceptors (Lipinski definition) is 3. The van der Waals surface area contributed by atoms with Gasteiger partial charge in [-0.05, 0) is 0 Å². The molecule has 0 aromatic carbocycles. The van der Waals surface area contributed by atoms with Gasteiger partial charge in [-0.3, -0.25) is 9.80 Å². The summed E-state index contributed by atoms with van der Waals surface area (Å²) >= 11 is 0. The molecule has 1 atom stereocenters. The van der Waals surface area contributed by atoms with Crippen LogP contribution in [0.2, 0.25) is 0 Å². The normalized spacial score (nSPS) is 28.8. The SMILES string of the molecule is O=C1OCC2CN(CCF)CCN12. The van der Waals surface area contributed by atoms with Crippen LogP contribution in [0.5, 0.6) is 0 Å². The lowest BCUT2D eigenvalue weighted by Crippen LogP contribution is -2.52. The Morgan fingerprint density at radius 3 is 3.15 bits per heavy atom. The van der Waals surface area contributed by atoms with Gasteiger partial charge in [0.15, 0.2) is 0 Å². The number of piperazine rings is 1. The van der Waals surface area contributed by atoms with E-state index in [-0.39, 0.29) is 18.8 Å². The second kappa shape index (κ2) is 3.49. The van der Waals surface area contributed by atoms with Crippen molar-refractivity contribution in [3.05, 3.63) is 0 Å². The summed E-state index contributed by atoms with van der Waals surface area (Å²) in [6, 6.07) is 0.146. The molecule has 2 fully saturated rings. The number of ether oxygens (including phenoxy) is 1. The van der Waals surface area contributed by atoms with Gasteiger partial charge >= 0.3 is 6.09 Å². The second-order valence-electron chi connectivity index (χ2n) is 3.41. The number of cyclic esters (lactones) is 1. The Kier molecular flexibility index (Phi) is 2.35. The molecule has 0 aromatic rings. The number of fused-ring (bicyclic) bond motifs is 1. The van der Waals surface area contributed by atoms with Crippen molar-refractivity contribution in [2.45, 2.75) is 6.04 Å². The maximum Gasteiger partial charge on any atom is 0.410 e. The van der Waals surface area contributed by atoms with Gasteiger partial charge in [0.25, 0.3) is 0 Å². The van der Waals surface area contributed by atoms with Crippen molar-refractivity contribution in [1.29, 1.82) is 0 Å². The molecule has 0 saturated carbocycles. The molecule has 2 aliphatic rings. The summed E-state index contributed by atoms with van der Waals surface area (Å²) in [6.45, 7) is 2.79. The zero-order valence-electron chi connectivity index (χ0n) is 7.41. The van der Waals surface area contributed by atoms with Crippen LogP contribution in [0.15, 0.2) is 0 Å². The minimum absolute atomic E-state index is 0.146. The van der Waals surface area contributed by atoms with E-state index in [2.05, 4.69) is 0 Å². The van der Waals surface area contributed by atoms with Crippen molar-refractivity contribution in [3.63, 3.8) is 0 Å². The first-order valence-electron chi connectivity index (χ1n) is 4.53. The molecular weight excluding hydrogens is 175 g/mol. The molecule has 5 heteroatoms. The predicted octanol–water partition coefficient (Wildman–Crippen LogP) is 0.0923. The van der Waals surface area contributed by atoms with Crippen LogP contribution in [-0.4, -0.2) is 61.4 Å². The van der Waals surface area contributed by atoms with Gasteiger partial charge < -0.3 is 4.74 Å². The smallest absolute Gasteiger partial charge is 0.410 e. The highest BCUT2D eigenvalue weighted by Crippen LogP contribution is 2.17. The Morgan fingerprint density at radius 2 is 2.38 bits per heavy atom. The first-order valence-corrected chi connectivity index (χ1v) is 4.53. The Balaban J connectivity index is 1.91. The quantitative estimate of drug-likeness (QED) is 0.615. The summed E-state index contributed by atoms with van der Waals surface area (Å²) in [7, 11) is 0. The molecule has 0 N–H and O–H groups in total. The largest absolute Gasteiger partial charge is 0.447 e. The highest BCUT2D eigenvalue weighted by Gasteiger charge is 2.36. The van der Waals surface area contributed by atoms with E-state index in [9.17, 15) is 9.18 Å². The maximum absolute atomic E-state index is 12.0. The van der Waals surface area contributed by atoms with Crippen molar-refractivity contribution < 1.29 is 13.9 Å². The Bertz CT molecular complexity index is 212. The molecule has 0 aromatic heterocycles. The van der Waals surface area contributed by atoms with E-state index in [1.165, 1.54) is 0 Å². The number of halogens is 1. The molecule has 0 radical (unpaired) electrons. The van der Waals surface area contributed by atoms with Crippen LogP contribution in [-0.2, 0) is 4.74 Å². The topological polar surface area (TPSA) is 32.8 Å². The lowest BCUT2D eigenvalue weighted by atomic mass is 10.2. The van der Waals surface area contributed by atoms with Gasteiger partial charge in [0.2, 0.25) is 0 Å². The van der Waals surface area contributed by atoms with Crippen LogP contribution in [0.25, 0.3) is 0 Å². The molecule has 4 nitrogen and oxygen atoms in total. The monoisotopic (exact) mass is 188 g/mol. The van der Waals surface area contributed by atoms with Crippen molar-refractivity contribution >= 4 is 6.09 Å². The number of carbonyl (C=O) groups is 1. The Hall–Kier alpha value is -0.840. The third kappa shape index (κ3) is 1.60. The maximum atomic E-state index is 12.0. The van der Waals surface area contributed by atoms with Crippen LogP contribution < -0.4 is 0 Å². The van der Waals surface area contributed by atoms with E-state index in [0.717, 1.165) is 13.1 Å². The summed E-state index contributed by atoms with van der Waals surface area (Å²) in [5, 5.41) is 0. The molecule has 2 rings (SSSR count). The molecule has 0 bridgehead atoms. The van der Waals surface area contributed by atoms with Crippen molar-refractivity contribution in [3.8, 4) is 0 Å². The summed E-state index contributed by atoms with van der Waals surface area (Å²) in [4.78, 5) is 14.8. The van der Waals surface area contributed by atoms with E-state index >= 15 is 0 Å². The van der Waals surface area contributed by atoms with E-state index in [1.54, 1.807) is 4.90 Å². The standard InChI is InChI=1S/C8H13FN2O2/c9-1-2-10-3-4-11-7(5-10)6-13-8(11)12/h7H,1-6H2. The molecule has 2 aliphatic heterocycles. The van der Waals surface area contributed by atoms with Crippen LogP contribution in [0.3, 0.4) is 0 Å². The summed E-state index contributed by atoms with van der Waals surface area (Å²) in [5.41, 5.74) is 0. The van der Waals surface area contributed by atoms with E-state index in [1.807, 2.05) is 4.90 Å². The van der Waals surface area contributed by atoms with E-state index in [4.69, 9.17) is 4.74 Å². The minimum Gasteiger partial charge on any atom is -0.447 e. The lowest BCUT2D eigenvalue weighted by molar-refractivity contribution is 0.115. The Labute approximate surface area is 76.2 Å². The molecule has 13 heavy (non-hydrogen) atoms. The molecule has 2 heterocycles. The zero-order valence-corrected chi connectivity index (χ0v) is 7.41. The predicted molar refractivity (Wildman–Crippen MR) is 44.3 cm³/mol. The first kappa shape index (κ1) is 8.74. The van der Waals surface area contributed by atoms with E-state index < -0.39 is 0 Å². The van der Waals surface area contributed by atoms with Crippen LogP contribution in [0, 0.1) is 0 Å². The molecule has 1 amide bonds. The van der Waals surface area contributed by atoms with Crippen LogP contribution in [0.1, 0.15) is 0 Å². The van der Waals surface area contributed by atoms with Crippen molar-refractivity contribution in [2.75, 3.05) is 39.5 Å². The molecular formula is C8H13FN2O2. The Morgan fingerprint density at radius 1 is 1.54 bits per heavy atom. The summed E-state index contributed by atoms with van der Waals surface area (Å²) in [6.07, 6.45) is -0.218. The first-order chi connectivity index (χ1) is 6.31. The van der Waals surface area contributed by atoms with E-state index in [0.29, 0.717) is 19.7 Å². The highest BCUT2D eigenvalue weighted by atomic mass is 19.1. The summed E-state index contributed by atoms with van der Waals surface area (Å²) in [5.74, 6) is 0. The molecule has 1 unspecified atom stereocenters. The van der Waals surface area contributed by atoms with Gasteiger partial charge in [-0.25, -0.2) is 9.18 Å². The lowest BCUT2D eigenvalue weighted by Gasteiger charge is -2.34. The molecule has 74 valence electrons. The fraction of sp³-hybridized carbons (Fsp3) is 0.875. The van der Waals surface area contributed by atoms with Gasteiger partial charge in [0, 0.05) is 26.2 Å². The van der Waals surface area contributed by atoms with Crippen molar-refractivity contribution in [1.82, 2.24) is 9.80 Å². The number of rotatable bonds is 2. The van der Waals surface area contributed by atoms with Crippen LogP contribution in [0.4, 0.5) is 9.18 Å². The van der Waals surface area contributed by atoms with Gasteiger partial charge in [0.1, 0.15) is 13.3 Å². The third-order valence-electron chi connectivity index (χ3n) is 2.60. The van der Waals surface area contributed by atoms with Crippen molar-refractivity contribution in [2.24, 2.45) is 0 Å². The van der Waals surface area contributed by atoms with Gasteiger partial charge in [-0.1, -0.05) is 0 Å². The number of nitrogens with zero attached hydrogens (tertiary/aromatic N) is 2. The fourth-order valence-corrected chi connectivity index (χ4v) is 1.88. The minimum atomic E-state index is -0.318. The number of hydrogen-bond donors (Lipinski definition) is 0. The van der Waals surface area contributed by atoms with Crippen LogP contribution >= 0.6 is 0 Å². The van der Waals surface area contributed by atoms with Gasteiger partial charge in [-0.2, -0.15) is 0 Å². The molecule has 2 saturated heterocycles. The number of amides is 1. The molecule has 0 aliphatic carbocycles. The zero-order chi connectivity index (χ0) is 9.26. The van der Waals surface area contributed by atoms with Gasteiger partial charge in [0.05, 0.1) is 6.04 Å². The fourth-order valence-electron chi connectivity index (χ4n) is 1.88. The average Bonchev–Trinajstić information content (AvgIpc) is 2.48. The average molecular weight is 188 g/mol. The summed E-state index contributed by atoms with van der Waals surface area (Å²) < 4.78 is 16.9. The molecule has 0 spiro atoms. The highest BCUT2D eigenvalue weighted by molar-refractivity contribution is 5.70. The third-order valence-corrected chi connectivity index (χ3v) is 2.60. The number of carbonyl (C=O) groups excluding carboxylic acids is 1. The second-order valence-corrected chi connectivity index (χ2v) is 3.41.